The van der Waals surface area contributed by atoms with E-state index in [-0.39, 0.29) is 24.1 Å². The Morgan fingerprint density at radius 2 is 1.76 bits per heavy atom. The van der Waals surface area contributed by atoms with Gasteiger partial charge in [0.1, 0.15) is 11.6 Å². The first kappa shape index (κ1) is 27.8. The van der Waals surface area contributed by atoms with Gasteiger partial charge < -0.3 is 30.8 Å². The van der Waals surface area contributed by atoms with Crippen LogP contribution >= 0.6 is 0 Å². The molecule has 9 heteroatoms. The van der Waals surface area contributed by atoms with E-state index in [4.69, 9.17) is 10.4 Å². The smallest absolute Gasteiger partial charge is 0.253 e. The molecule has 4 rings (SSSR count). The number of likely N-dealkylation sites (tertiary alicyclic amines) is 1. The molecule has 2 aliphatic heterocycles. The molecule has 2 aromatic heterocycles. The van der Waals surface area contributed by atoms with E-state index in [1.54, 1.807) is 0 Å². The Morgan fingerprint density at radius 3 is 2.34 bits per heavy atom. The van der Waals surface area contributed by atoms with Gasteiger partial charge in [-0.3, -0.25) is 9.59 Å². The standard InChI is InChI=1S/C29H43N7O2/c1-18(2)32-27-24(16-30)23(28(37)31-17-25-19(3)14-20(4)33-29(25)38)15-26(34-27)36-12-8-22(9-13-36)21-6-10-35(5)11-7-21/h14-16,18,21-22,30H,6-13,17H2,1-5H3,(H,31,37)(H,32,34)(H,33,38). The second kappa shape index (κ2) is 12.1. The van der Waals surface area contributed by atoms with E-state index in [2.05, 4.69) is 32.5 Å². The first-order valence-electron chi connectivity index (χ1n) is 13.9. The third-order valence-corrected chi connectivity index (χ3v) is 8.07. The van der Waals surface area contributed by atoms with Gasteiger partial charge in [-0.1, -0.05) is 0 Å². The Kier molecular flexibility index (Phi) is 8.87. The van der Waals surface area contributed by atoms with Crippen LogP contribution in [0.4, 0.5) is 11.6 Å². The number of nitrogens with zero attached hydrogens (tertiary/aromatic N) is 3. The van der Waals surface area contributed by atoms with Gasteiger partial charge in [-0.05, 0) is 103 Å². The van der Waals surface area contributed by atoms with Crippen LogP contribution in [-0.2, 0) is 6.54 Å². The second-order valence-corrected chi connectivity index (χ2v) is 11.3. The highest BCUT2D eigenvalue weighted by Crippen LogP contribution is 2.34. The van der Waals surface area contributed by atoms with Crippen LogP contribution in [0.15, 0.2) is 16.9 Å². The van der Waals surface area contributed by atoms with Gasteiger partial charge in [0.2, 0.25) is 0 Å². The van der Waals surface area contributed by atoms with E-state index >= 15 is 0 Å². The van der Waals surface area contributed by atoms with Gasteiger partial charge >= 0.3 is 0 Å². The number of carbonyl (C=O) groups excluding carboxylic acids is 1. The van der Waals surface area contributed by atoms with E-state index in [0.717, 1.165) is 54.8 Å². The fourth-order valence-corrected chi connectivity index (χ4v) is 5.89. The number of anilines is 2. The molecule has 1 amide bonds. The quantitative estimate of drug-likeness (QED) is 0.394. The van der Waals surface area contributed by atoms with Crippen molar-refractivity contribution in [3.8, 4) is 0 Å². The van der Waals surface area contributed by atoms with Crippen LogP contribution in [0.2, 0.25) is 0 Å². The number of aryl methyl sites for hydroxylation is 2. The van der Waals surface area contributed by atoms with Crippen LogP contribution < -0.4 is 21.1 Å². The van der Waals surface area contributed by atoms with E-state index in [1.165, 1.54) is 32.1 Å². The van der Waals surface area contributed by atoms with Crippen molar-refractivity contribution in [3.63, 3.8) is 0 Å². The predicted octanol–water partition coefficient (Wildman–Crippen LogP) is 3.69. The van der Waals surface area contributed by atoms with Crippen molar-refractivity contribution < 1.29 is 4.79 Å². The number of H-pyrrole nitrogens is 1. The summed E-state index contributed by atoms with van der Waals surface area (Å²) in [6, 6.07) is 3.80. The molecule has 38 heavy (non-hydrogen) atoms. The maximum Gasteiger partial charge on any atom is 0.253 e. The average molecular weight is 522 g/mol. The lowest BCUT2D eigenvalue weighted by Gasteiger charge is -2.40. The summed E-state index contributed by atoms with van der Waals surface area (Å²) < 4.78 is 0. The number of hydrogen-bond acceptors (Lipinski definition) is 7. The van der Waals surface area contributed by atoms with Crippen LogP contribution in [0.1, 0.15) is 72.3 Å². The van der Waals surface area contributed by atoms with E-state index < -0.39 is 0 Å². The van der Waals surface area contributed by atoms with Gasteiger partial charge in [-0.2, -0.15) is 0 Å². The normalized spacial score (nSPS) is 17.6. The van der Waals surface area contributed by atoms with Crippen LogP contribution in [0.25, 0.3) is 0 Å². The molecule has 0 atom stereocenters. The zero-order valence-electron chi connectivity index (χ0n) is 23.5. The first-order valence-corrected chi connectivity index (χ1v) is 13.9. The predicted molar refractivity (Wildman–Crippen MR) is 154 cm³/mol. The third kappa shape index (κ3) is 6.43. The summed E-state index contributed by atoms with van der Waals surface area (Å²) in [5.74, 6) is 2.52. The number of pyridine rings is 2. The lowest BCUT2D eigenvalue weighted by atomic mass is 9.79. The highest BCUT2D eigenvalue weighted by molar-refractivity contribution is 6.05. The number of nitrogens with one attached hydrogen (secondary N) is 4. The maximum absolute atomic E-state index is 13.4. The molecule has 2 fully saturated rings. The lowest BCUT2D eigenvalue weighted by molar-refractivity contribution is 0.0950. The number of aromatic amines is 1. The van der Waals surface area contributed by atoms with Crippen LogP contribution in [0, 0.1) is 31.1 Å². The van der Waals surface area contributed by atoms with Crippen LogP contribution in [0.5, 0.6) is 0 Å². The fourth-order valence-electron chi connectivity index (χ4n) is 5.89. The summed E-state index contributed by atoms with van der Waals surface area (Å²) in [5, 5.41) is 14.3. The maximum atomic E-state index is 13.4. The molecule has 0 radical (unpaired) electrons. The minimum atomic E-state index is -0.320. The molecule has 2 aromatic rings. The average Bonchev–Trinajstić information content (AvgIpc) is 2.87. The molecule has 0 saturated carbocycles. The number of piperidine rings is 2. The highest BCUT2D eigenvalue weighted by atomic mass is 16.1. The van der Waals surface area contributed by atoms with Crippen LogP contribution in [0.3, 0.4) is 0 Å². The highest BCUT2D eigenvalue weighted by Gasteiger charge is 2.30. The molecule has 4 heterocycles. The second-order valence-electron chi connectivity index (χ2n) is 11.3. The van der Waals surface area contributed by atoms with E-state index in [9.17, 15) is 9.59 Å². The molecular formula is C29H43N7O2. The summed E-state index contributed by atoms with van der Waals surface area (Å²) in [6.07, 6.45) is 6.01. The Morgan fingerprint density at radius 1 is 1.13 bits per heavy atom. The first-order chi connectivity index (χ1) is 18.2. The zero-order valence-corrected chi connectivity index (χ0v) is 23.5. The monoisotopic (exact) mass is 521 g/mol. The van der Waals surface area contributed by atoms with Crippen molar-refractivity contribution in [2.75, 3.05) is 43.4 Å². The fraction of sp³-hybridized carbons (Fsp3) is 0.586. The van der Waals surface area contributed by atoms with Gasteiger partial charge in [-0.25, -0.2) is 4.98 Å². The number of aromatic nitrogens is 2. The molecule has 0 spiro atoms. The summed E-state index contributed by atoms with van der Waals surface area (Å²) >= 11 is 0. The summed E-state index contributed by atoms with van der Waals surface area (Å²) in [6.45, 7) is 12.1. The van der Waals surface area contributed by atoms with E-state index in [0.29, 0.717) is 22.5 Å². The molecule has 2 aliphatic rings. The Hall–Kier alpha value is -3.20. The molecule has 4 N–H and O–H groups in total. The third-order valence-electron chi connectivity index (χ3n) is 8.07. The molecular weight excluding hydrogens is 478 g/mol. The van der Waals surface area contributed by atoms with Crippen molar-refractivity contribution in [2.24, 2.45) is 11.8 Å². The van der Waals surface area contributed by atoms with Crippen molar-refractivity contribution in [2.45, 2.75) is 66.0 Å². The number of carbonyl (C=O) groups is 1. The van der Waals surface area contributed by atoms with Gasteiger partial charge in [0.25, 0.3) is 11.5 Å². The summed E-state index contributed by atoms with van der Waals surface area (Å²) in [7, 11) is 2.21. The number of amides is 1. The molecule has 2 saturated heterocycles. The number of hydrogen-bond donors (Lipinski definition) is 4. The molecule has 0 aromatic carbocycles. The SMILES string of the molecule is Cc1cc(C)c(CNC(=O)c2cc(N3CCC(C4CCN(C)CC4)CC3)nc(NC(C)C)c2C=N)c(=O)[nH]1. The van der Waals surface area contributed by atoms with Gasteiger partial charge in [0.05, 0.1) is 5.56 Å². The van der Waals surface area contributed by atoms with Gasteiger partial charge in [0, 0.05) is 48.7 Å². The van der Waals surface area contributed by atoms with Crippen molar-refractivity contribution in [1.29, 1.82) is 5.41 Å². The molecule has 206 valence electrons. The minimum absolute atomic E-state index is 0.0938. The minimum Gasteiger partial charge on any atom is -0.367 e. The lowest BCUT2D eigenvalue weighted by Crippen LogP contribution is -2.40. The van der Waals surface area contributed by atoms with Crippen molar-refractivity contribution >= 4 is 23.8 Å². The van der Waals surface area contributed by atoms with Crippen LogP contribution in [-0.4, -0.2) is 66.3 Å². The largest absolute Gasteiger partial charge is 0.367 e. The Bertz CT molecular complexity index is 1210. The topological polar surface area (TPSA) is 117 Å². The van der Waals surface area contributed by atoms with E-state index in [1.807, 2.05) is 39.8 Å². The summed E-state index contributed by atoms with van der Waals surface area (Å²) in [5.41, 5.74) is 2.81. The molecule has 9 nitrogen and oxygen atoms in total. The molecule has 0 aliphatic carbocycles. The Balaban J connectivity index is 1.55. The molecule has 0 unspecified atom stereocenters. The number of rotatable bonds is 8. The van der Waals surface area contributed by atoms with Gasteiger partial charge in [0.15, 0.2) is 0 Å². The summed E-state index contributed by atoms with van der Waals surface area (Å²) in [4.78, 5) is 38.3. The van der Waals surface area contributed by atoms with Gasteiger partial charge in [-0.15, -0.1) is 0 Å². The Labute approximate surface area is 225 Å². The van der Waals surface area contributed by atoms with Crippen molar-refractivity contribution in [3.05, 3.63) is 50.4 Å². The molecule has 0 bridgehead atoms. The zero-order chi connectivity index (χ0) is 27.4. The van der Waals surface area contributed by atoms with Crippen molar-refractivity contribution in [1.82, 2.24) is 20.2 Å².